The molecule has 0 fully saturated rings. The van der Waals surface area contributed by atoms with Crippen LogP contribution in [-0.4, -0.2) is 6.15 Å². The van der Waals surface area contributed by atoms with Crippen molar-refractivity contribution in [3.63, 3.8) is 0 Å². The van der Waals surface area contributed by atoms with Gasteiger partial charge in [0.25, 0.3) is 0 Å². The molecule has 3 heteroatoms. The molecule has 0 spiro atoms. The van der Waals surface area contributed by atoms with Crippen molar-refractivity contribution in [1.82, 2.24) is 0 Å². The zero-order chi connectivity index (χ0) is 9.90. The van der Waals surface area contributed by atoms with Crippen LogP contribution in [0.5, 0.6) is 0 Å². The molecule has 0 radical (unpaired) electrons. The summed E-state index contributed by atoms with van der Waals surface area (Å²) in [5.41, 5.74) is 1.82. The molecule has 13 heavy (non-hydrogen) atoms. The number of nitrogens with zero attached hydrogens (tertiary/aromatic N) is 1. The van der Waals surface area contributed by atoms with Crippen molar-refractivity contribution in [2.24, 2.45) is 0 Å². The van der Waals surface area contributed by atoms with Crippen LogP contribution >= 0.6 is 12.1 Å². The van der Waals surface area contributed by atoms with Crippen molar-refractivity contribution in [3.8, 4) is 6.07 Å². The van der Waals surface area contributed by atoms with Gasteiger partial charge in [0.15, 0.2) is 0 Å². The van der Waals surface area contributed by atoms with Gasteiger partial charge in [-0.25, -0.2) is 0 Å². The molecule has 0 aliphatic rings. The average molecular weight is 187 g/mol. The number of nitriles is 1. The predicted molar refractivity (Wildman–Crippen MR) is 57.5 cm³/mol. The van der Waals surface area contributed by atoms with Gasteiger partial charge in [0.1, 0.15) is 0 Å². The zero-order valence-electron chi connectivity index (χ0n) is 7.74. The molecule has 0 atom stereocenters. The molecular weight excluding hydrogens is 177 g/mol. The normalized spacial score (nSPS) is 10.2. The standard InChI is InChI=1S/C10H10BNS/c1-10(2,11-13)9-5-3-8(7-12)4-6-9/h3-6H,1-2H3. The molecule has 0 bridgehead atoms. The van der Waals surface area contributed by atoms with Gasteiger partial charge in [-0.05, 0) is 0 Å². The van der Waals surface area contributed by atoms with Crippen LogP contribution in [-0.2, 0) is 5.31 Å². The minimum absolute atomic E-state index is 0.0939. The first-order valence-electron chi connectivity index (χ1n) is 4.07. The Balaban J connectivity index is 3.07. The Bertz CT molecular complexity index is 348. The van der Waals surface area contributed by atoms with Crippen molar-refractivity contribution in [3.05, 3.63) is 35.4 Å². The van der Waals surface area contributed by atoms with Crippen LogP contribution in [0.25, 0.3) is 0 Å². The average Bonchev–Trinajstić information content (AvgIpc) is 2.18. The van der Waals surface area contributed by atoms with Crippen molar-refractivity contribution >= 4 is 18.2 Å². The van der Waals surface area contributed by atoms with E-state index in [0.29, 0.717) is 5.56 Å². The van der Waals surface area contributed by atoms with Crippen molar-refractivity contribution in [2.45, 2.75) is 19.2 Å². The van der Waals surface area contributed by atoms with E-state index in [1.54, 1.807) is 6.15 Å². The van der Waals surface area contributed by atoms with E-state index in [1.807, 2.05) is 24.3 Å². The molecule has 0 saturated carbocycles. The molecule has 0 N–H and O–H groups in total. The van der Waals surface area contributed by atoms with Gasteiger partial charge in [0.2, 0.25) is 0 Å². The first-order valence-corrected chi connectivity index (χ1v) is 4.54. The van der Waals surface area contributed by atoms with Gasteiger partial charge in [-0.1, -0.05) is 0 Å². The fraction of sp³-hybridized carbons (Fsp3) is 0.300. The van der Waals surface area contributed by atoms with Crippen LogP contribution in [0.2, 0.25) is 0 Å². The summed E-state index contributed by atoms with van der Waals surface area (Å²) in [6, 6.07) is 9.61. The Morgan fingerprint density at radius 2 is 1.85 bits per heavy atom. The quantitative estimate of drug-likeness (QED) is 0.664. The topological polar surface area (TPSA) is 23.8 Å². The maximum absolute atomic E-state index is 8.61. The van der Waals surface area contributed by atoms with E-state index >= 15 is 0 Å². The first kappa shape index (κ1) is 10.1. The monoisotopic (exact) mass is 187 g/mol. The SMILES string of the molecule is CC(C)(B=S)c1ccc(C#N)cc1. The summed E-state index contributed by atoms with van der Waals surface area (Å²) >= 11 is 4.94. The molecule has 64 valence electrons. The van der Waals surface area contributed by atoms with Crippen LogP contribution in [0.15, 0.2) is 24.3 Å². The van der Waals surface area contributed by atoms with Crippen LogP contribution in [0.4, 0.5) is 0 Å². The Kier molecular flexibility index (Phi) is 2.95. The van der Waals surface area contributed by atoms with Gasteiger partial charge in [-0.15, -0.1) is 0 Å². The molecule has 0 aliphatic carbocycles. The zero-order valence-corrected chi connectivity index (χ0v) is 8.56. The van der Waals surface area contributed by atoms with Crippen LogP contribution < -0.4 is 0 Å². The number of hydrogen-bond donors (Lipinski definition) is 0. The summed E-state index contributed by atoms with van der Waals surface area (Å²) in [6.45, 7) is 4.11. The van der Waals surface area contributed by atoms with Gasteiger partial charge in [-0.2, -0.15) is 0 Å². The third-order valence-corrected chi connectivity index (χ3v) is 2.64. The Morgan fingerprint density at radius 3 is 2.23 bits per heavy atom. The molecule has 1 rings (SSSR count). The Morgan fingerprint density at radius 1 is 1.31 bits per heavy atom. The second kappa shape index (κ2) is 3.80. The molecule has 0 aliphatic heterocycles. The van der Waals surface area contributed by atoms with Gasteiger partial charge in [-0.3, -0.25) is 0 Å². The fourth-order valence-corrected chi connectivity index (χ4v) is 1.18. The summed E-state index contributed by atoms with van der Waals surface area (Å²) in [4.78, 5) is 0. The van der Waals surface area contributed by atoms with E-state index in [2.05, 4.69) is 19.9 Å². The van der Waals surface area contributed by atoms with Crippen molar-refractivity contribution < 1.29 is 0 Å². The van der Waals surface area contributed by atoms with Crippen molar-refractivity contribution in [2.75, 3.05) is 0 Å². The summed E-state index contributed by atoms with van der Waals surface area (Å²) < 4.78 is 0. The van der Waals surface area contributed by atoms with Crippen LogP contribution in [0.1, 0.15) is 25.0 Å². The van der Waals surface area contributed by atoms with E-state index in [9.17, 15) is 0 Å². The molecule has 1 aromatic carbocycles. The van der Waals surface area contributed by atoms with Gasteiger partial charge in [0, 0.05) is 0 Å². The maximum atomic E-state index is 8.61. The molecule has 1 nitrogen and oxygen atoms in total. The van der Waals surface area contributed by atoms with Gasteiger partial charge < -0.3 is 0 Å². The molecule has 0 aromatic heterocycles. The molecule has 0 heterocycles. The summed E-state index contributed by atoms with van der Waals surface area (Å²) in [5.74, 6) is 0. The third-order valence-electron chi connectivity index (χ3n) is 2.05. The van der Waals surface area contributed by atoms with Gasteiger partial charge >= 0.3 is 84.1 Å². The number of rotatable bonds is 2. The molecule has 0 amide bonds. The van der Waals surface area contributed by atoms with Gasteiger partial charge in [0.05, 0.1) is 0 Å². The van der Waals surface area contributed by atoms with E-state index in [-0.39, 0.29) is 5.31 Å². The molecular formula is C10H10BNS. The summed E-state index contributed by atoms with van der Waals surface area (Å²) in [7, 11) is 0. The Hall–Kier alpha value is -1.01. The minimum atomic E-state index is -0.0939. The number of hydrogen-bond acceptors (Lipinski definition) is 2. The molecule has 1 aromatic rings. The van der Waals surface area contributed by atoms with Crippen LogP contribution in [0, 0.1) is 11.3 Å². The van der Waals surface area contributed by atoms with E-state index < -0.39 is 0 Å². The fourth-order valence-electron chi connectivity index (χ4n) is 1.04. The predicted octanol–water partition coefficient (Wildman–Crippen LogP) is 2.61. The number of benzene rings is 1. The molecule has 0 saturated heterocycles. The van der Waals surface area contributed by atoms with Crippen molar-refractivity contribution in [1.29, 1.82) is 5.26 Å². The van der Waals surface area contributed by atoms with E-state index in [0.717, 1.165) is 5.56 Å². The van der Waals surface area contributed by atoms with E-state index in [1.165, 1.54) is 0 Å². The second-order valence-electron chi connectivity index (χ2n) is 3.53. The third kappa shape index (κ3) is 2.23. The Labute approximate surface area is 84.5 Å². The summed E-state index contributed by atoms with van der Waals surface area (Å²) in [6.07, 6.45) is 1.74. The first-order chi connectivity index (χ1) is 6.10. The second-order valence-corrected chi connectivity index (χ2v) is 3.76. The summed E-state index contributed by atoms with van der Waals surface area (Å²) in [5, 5.41) is 8.52. The van der Waals surface area contributed by atoms with E-state index in [4.69, 9.17) is 17.3 Å². The van der Waals surface area contributed by atoms with Crippen LogP contribution in [0.3, 0.4) is 0 Å². The molecule has 0 unspecified atom stereocenters.